The Kier molecular flexibility index (Phi) is 4.24. The number of aryl methyl sites for hydroxylation is 1. The first-order chi connectivity index (χ1) is 15.5. The molecule has 0 radical (unpaired) electrons. The zero-order valence-corrected chi connectivity index (χ0v) is 19.5. The molecular formula is C32H30. The first-order valence-electron chi connectivity index (χ1n) is 12.0. The molecule has 0 bridgehead atoms. The third-order valence-electron chi connectivity index (χ3n) is 7.83. The largest absolute Gasteiger partial charge is 0.0836 e. The molecule has 2 aliphatic rings. The van der Waals surface area contributed by atoms with Crippen molar-refractivity contribution in [2.45, 2.75) is 52.4 Å². The lowest BCUT2D eigenvalue weighted by Gasteiger charge is -2.28. The zero-order chi connectivity index (χ0) is 22.0. The third kappa shape index (κ3) is 2.50. The van der Waals surface area contributed by atoms with E-state index in [0.717, 1.165) is 19.3 Å². The molecule has 6 rings (SSSR count). The summed E-state index contributed by atoms with van der Waals surface area (Å²) in [5.41, 5.74) is 14.7. The second-order valence-corrected chi connectivity index (χ2v) is 9.94. The highest BCUT2D eigenvalue weighted by Gasteiger charge is 2.41. The van der Waals surface area contributed by atoms with Crippen LogP contribution in [0.5, 0.6) is 0 Å². The van der Waals surface area contributed by atoms with Crippen molar-refractivity contribution in [3.05, 3.63) is 100 Å². The fourth-order valence-corrected chi connectivity index (χ4v) is 6.53. The van der Waals surface area contributed by atoms with Crippen molar-refractivity contribution in [3.8, 4) is 22.3 Å². The molecule has 0 atom stereocenters. The van der Waals surface area contributed by atoms with Crippen molar-refractivity contribution in [1.29, 1.82) is 0 Å². The van der Waals surface area contributed by atoms with Gasteiger partial charge in [0.1, 0.15) is 0 Å². The monoisotopic (exact) mass is 414 g/mol. The molecule has 2 aliphatic carbocycles. The molecule has 0 aliphatic heterocycles. The van der Waals surface area contributed by atoms with Crippen LogP contribution in [0.3, 0.4) is 0 Å². The van der Waals surface area contributed by atoms with E-state index in [1.807, 2.05) is 0 Å². The van der Waals surface area contributed by atoms with Gasteiger partial charge in [0.05, 0.1) is 0 Å². The summed E-state index contributed by atoms with van der Waals surface area (Å²) in [6.07, 6.45) is 8.03. The van der Waals surface area contributed by atoms with Gasteiger partial charge in [0, 0.05) is 5.41 Å². The zero-order valence-electron chi connectivity index (χ0n) is 19.5. The average Bonchev–Trinajstić information content (AvgIpc) is 3.07. The normalized spacial score (nSPS) is 15.5. The predicted octanol–water partition coefficient (Wildman–Crippen LogP) is 8.64. The average molecular weight is 415 g/mol. The second kappa shape index (κ2) is 6.94. The lowest BCUT2D eigenvalue weighted by molar-refractivity contribution is 0.657. The fraction of sp³-hybridized carbons (Fsp3) is 0.250. The van der Waals surface area contributed by atoms with Gasteiger partial charge in [-0.3, -0.25) is 0 Å². The van der Waals surface area contributed by atoms with Crippen LogP contribution in [0.2, 0.25) is 0 Å². The minimum absolute atomic E-state index is 0.0233. The summed E-state index contributed by atoms with van der Waals surface area (Å²) in [5.74, 6) is 0. The predicted molar refractivity (Wildman–Crippen MR) is 138 cm³/mol. The van der Waals surface area contributed by atoms with Crippen LogP contribution in [0.1, 0.15) is 60.6 Å². The quantitative estimate of drug-likeness (QED) is 0.308. The van der Waals surface area contributed by atoms with Gasteiger partial charge in [0.25, 0.3) is 0 Å². The van der Waals surface area contributed by atoms with Crippen LogP contribution in [0.25, 0.3) is 39.1 Å². The van der Waals surface area contributed by atoms with Gasteiger partial charge in [-0.05, 0) is 92.6 Å². The Labute approximate surface area is 191 Å². The lowest BCUT2D eigenvalue weighted by atomic mass is 9.75. The molecule has 0 nitrogen and oxygen atoms in total. The summed E-state index contributed by atoms with van der Waals surface area (Å²) in [7, 11) is 0. The van der Waals surface area contributed by atoms with Crippen LogP contribution in [0, 0.1) is 6.92 Å². The first-order valence-corrected chi connectivity index (χ1v) is 12.0. The van der Waals surface area contributed by atoms with Crippen LogP contribution in [-0.2, 0) is 18.3 Å². The SMILES string of the molecule is CCc1c(-c2ccccc2C)ccc2c1C(C)(C)c1c-2c2c(c3ccccc13)C=CCC2. The Morgan fingerprint density at radius 3 is 2.28 bits per heavy atom. The van der Waals surface area contributed by atoms with Gasteiger partial charge >= 0.3 is 0 Å². The van der Waals surface area contributed by atoms with Gasteiger partial charge in [-0.2, -0.15) is 0 Å². The molecule has 158 valence electrons. The highest BCUT2D eigenvalue weighted by molar-refractivity contribution is 6.05. The Bertz CT molecular complexity index is 1430. The minimum Gasteiger partial charge on any atom is -0.0836 e. The summed E-state index contributed by atoms with van der Waals surface area (Å²) >= 11 is 0. The lowest BCUT2D eigenvalue weighted by Crippen LogP contribution is -2.18. The van der Waals surface area contributed by atoms with E-state index in [0.29, 0.717) is 0 Å². The Morgan fingerprint density at radius 2 is 1.50 bits per heavy atom. The Balaban J connectivity index is 1.75. The number of allylic oxidation sites excluding steroid dienone is 1. The molecular weight excluding hydrogens is 384 g/mol. The maximum absolute atomic E-state index is 2.45. The van der Waals surface area contributed by atoms with Gasteiger partial charge in [0.2, 0.25) is 0 Å². The van der Waals surface area contributed by atoms with Crippen molar-refractivity contribution in [3.63, 3.8) is 0 Å². The maximum atomic E-state index is 2.45. The van der Waals surface area contributed by atoms with Crippen LogP contribution >= 0.6 is 0 Å². The van der Waals surface area contributed by atoms with Gasteiger partial charge in [-0.15, -0.1) is 0 Å². The van der Waals surface area contributed by atoms with E-state index in [2.05, 4.69) is 101 Å². The number of benzene rings is 4. The summed E-state index contributed by atoms with van der Waals surface area (Å²) in [4.78, 5) is 0. The molecule has 0 spiro atoms. The number of hydrogen-bond acceptors (Lipinski definition) is 0. The van der Waals surface area contributed by atoms with E-state index in [9.17, 15) is 0 Å². The molecule has 32 heavy (non-hydrogen) atoms. The molecule has 0 heteroatoms. The molecule has 0 amide bonds. The van der Waals surface area contributed by atoms with E-state index in [1.54, 1.807) is 11.1 Å². The molecule has 0 heterocycles. The van der Waals surface area contributed by atoms with Gasteiger partial charge in [-0.1, -0.05) is 93.6 Å². The fourth-order valence-electron chi connectivity index (χ4n) is 6.53. The molecule has 0 saturated carbocycles. The summed E-state index contributed by atoms with van der Waals surface area (Å²) in [5, 5.41) is 2.84. The maximum Gasteiger partial charge on any atom is 0.0168 e. The minimum atomic E-state index is -0.0233. The van der Waals surface area contributed by atoms with E-state index in [4.69, 9.17) is 0 Å². The molecule has 0 fully saturated rings. The summed E-state index contributed by atoms with van der Waals surface area (Å²) < 4.78 is 0. The number of hydrogen-bond donors (Lipinski definition) is 0. The van der Waals surface area contributed by atoms with Crippen LogP contribution in [-0.4, -0.2) is 0 Å². The standard InChI is InChI=1S/C32H30/c1-5-21-25(22-13-7-6-12-20(22)2)18-19-28-29-26-16-10-8-14-23(26)24-15-9-11-17-27(24)31(29)32(3,4)30(21)28/h6-9,11-15,17-19H,5,10,16H2,1-4H3. The van der Waals surface area contributed by atoms with Crippen molar-refractivity contribution >= 4 is 16.8 Å². The second-order valence-electron chi connectivity index (χ2n) is 9.94. The Morgan fingerprint density at radius 1 is 0.781 bits per heavy atom. The number of fused-ring (bicyclic) bond motifs is 8. The van der Waals surface area contributed by atoms with Gasteiger partial charge in [-0.25, -0.2) is 0 Å². The van der Waals surface area contributed by atoms with E-state index >= 15 is 0 Å². The van der Waals surface area contributed by atoms with Crippen molar-refractivity contribution in [2.75, 3.05) is 0 Å². The van der Waals surface area contributed by atoms with E-state index in [-0.39, 0.29) is 5.41 Å². The van der Waals surface area contributed by atoms with Gasteiger partial charge in [0.15, 0.2) is 0 Å². The molecule has 0 N–H and O–H groups in total. The van der Waals surface area contributed by atoms with Crippen LogP contribution < -0.4 is 0 Å². The number of rotatable bonds is 2. The molecule has 0 unspecified atom stereocenters. The highest BCUT2D eigenvalue weighted by atomic mass is 14.4. The van der Waals surface area contributed by atoms with Crippen LogP contribution in [0.4, 0.5) is 0 Å². The molecule has 0 saturated heterocycles. The topological polar surface area (TPSA) is 0 Å². The van der Waals surface area contributed by atoms with Crippen molar-refractivity contribution < 1.29 is 0 Å². The van der Waals surface area contributed by atoms with Crippen molar-refractivity contribution in [1.82, 2.24) is 0 Å². The summed E-state index contributed by atoms with van der Waals surface area (Å²) in [6, 6.07) is 22.7. The molecule has 4 aromatic carbocycles. The Hall–Kier alpha value is -3.12. The highest BCUT2D eigenvalue weighted by Crippen LogP contribution is 2.56. The van der Waals surface area contributed by atoms with Crippen LogP contribution in [0.15, 0.2) is 66.7 Å². The van der Waals surface area contributed by atoms with E-state index in [1.165, 1.54) is 55.3 Å². The van der Waals surface area contributed by atoms with Gasteiger partial charge < -0.3 is 0 Å². The molecule has 0 aromatic heterocycles. The molecule has 4 aromatic rings. The third-order valence-corrected chi connectivity index (χ3v) is 7.83. The van der Waals surface area contributed by atoms with Crippen molar-refractivity contribution in [2.24, 2.45) is 0 Å². The smallest absolute Gasteiger partial charge is 0.0168 e. The summed E-state index contributed by atoms with van der Waals surface area (Å²) in [6.45, 7) is 9.47. The van der Waals surface area contributed by atoms with E-state index < -0.39 is 0 Å². The first kappa shape index (κ1) is 19.6.